The van der Waals surface area contributed by atoms with Crippen LogP contribution in [0.1, 0.15) is 31.9 Å². The molecule has 3 heterocycles. The van der Waals surface area contributed by atoms with Gasteiger partial charge in [-0.15, -0.1) is 10.2 Å². The molecule has 0 radical (unpaired) electrons. The first-order valence-electron chi connectivity index (χ1n) is 10.9. The number of aromatic nitrogens is 3. The fraction of sp³-hybridized carbons (Fsp3) is 0.391. The van der Waals surface area contributed by atoms with Crippen LogP contribution in [0.15, 0.2) is 52.2 Å². The first-order valence-corrected chi connectivity index (χ1v) is 12.2. The first-order chi connectivity index (χ1) is 16.1. The Bertz CT molecular complexity index is 1080. The number of piperidine rings is 1. The molecule has 3 aromatic rings. The van der Waals surface area contributed by atoms with E-state index in [0.717, 1.165) is 24.2 Å². The van der Waals surface area contributed by atoms with Gasteiger partial charge in [0.15, 0.2) is 11.0 Å². The zero-order valence-corrected chi connectivity index (χ0v) is 19.8. The molecule has 1 aromatic carbocycles. The second-order valence-corrected chi connectivity index (χ2v) is 9.00. The molecule has 174 valence electrons. The Morgan fingerprint density at radius 3 is 2.76 bits per heavy atom. The molecule has 0 spiro atoms. The summed E-state index contributed by atoms with van der Waals surface area (Å²) in [5.41, 5.74) is 0.857. The van der Waals surface area contributed by atoms with Crippen LogP contribution in [0.5, 0.6) is 0 Å². The van der Waals surface area contributed by atoms with Crippen LogP contribution in [0.2, 0.25) is 5.02 Å². The quantitative estimate of drug-likeness (QED) is 0.345. The predicted octanol–water partition coefficient (Wildman–Crippen LogP) is 4.28. The third kappa shape index (κ3) is 5.59. The summed E-state index contributed by atoms with van der Waals surface area (Å²) in [6, 6.07) is 10.5. The lowest BCUT2D eigenvalue weighted by Gasteiger charge is -2.33. The summed E-state index contributed by atoms with van der Waals surface area (Å²) in [6.07, 6.45) is 4.03. The number of carbonyl (C=O) groups excluding carboxylic acids is 2. The lowest BCUT2D eigenvalue weighted by Crippen LogP contribution is -2.49. The molecule has 1 amide bonds. The van der Waals surface area contributed by atoms with Crippen LogP contribution in [0.4, 0.5) is 0 Å². The summed E-state index contributed by atoms with van der Waals surface area (Å²) >= 11 is 7.33. The van der Waals surface area contributed by atoms with E-state index in [1.165, 1.54) is 11.8 Å². The largest absolute Gasteiger partial charge is 0.467 e. The Morgan fingerprint density at radius 1 is 1.21 bits per heavy atom. The Labute approximate surface area is 201 Å². The molecule has 0 N–H and O–H groups in total. The number of benzene rings is 1. The molecule has 2 aromatic heterocycles. The van der Waals surface area contributed by atoms with Gasteiger partial charge in [0.1, 0.15) is 11.8 Å². The van der Waals surface area contributed by atoms with Gasteiger partial charge in [0.05, 0.1) is 25.2 Å². The number of nitrogens with zero attached hydrogens (tertiary/aromatic N) is 4. The molecule has 8 nitrogen and oxygen atoms in total. The normalized spacial score (nSPS) is 16.1. The van der Waals surface area contributed by atoms with Gasteiger partial charge < -0.3 is 14.1 Å². The molecule has 1 atom stereocenters. The Morgan fingerprint density at radius 2 is 2.03 bits per heavy atom. The zero-order valence-electron chi connectivity index (χ0n) is 18.3. The number of ether oxygens (including phenoxy) is 1. The number of halogens is 1. The van der Waals surface area contributed by atoms with Crippen LogP contribution in [-0.4, -0.2) is 56.5 Å². The molecule has 10 heteroatoms. The molecule has 33 heavy (non-hydrogen) atoms. The van der Waals surface area contributed by atoms with Crippen LogP contribution in [0.3, 0.4) is 0 Å². The number of amides is 1. The lowest BCUT2D eigenvalue weighted by atomic mass is 10.0. The smallest absolute Gasteiger partial charge is 0.328 e. The maximum Gasteiger partial charge on any atom is 0.328 e. The number of rotatable bonds is 8. The van der Waals surface area contributed by atoms with Gasteiger partial charge in [-0.2, -0.15) is 0 Å². The number of esters is 1. The standard InChI is InChI=1S/C23H25ClN4O4S/c1-2-31-22(30)19-7-3-4-12-27(19)20(29)15-33-23-26-25-21(16-8-10-17(24)11-9-16)28(23)14-18-6-5-13-32-18/h5-6,8-11,13,19H,2-4,7,12,14-15H2,1H3. The summed E-state index contributed by atoms with van der Waals surface area (Å²) in [6.45, 7) is 3.05. The van der Waals surface area contributed by atoms with Gasteiger partial charge in [0, 0.05) is 17.1 Å². The number of carbonyl (C=O) groups is 2. The highest BCUT2D eigenvalue weighted by Crippen LogP contribution is 2.27. The summed E-state index contributed by atoms with van der Waals surface area (Å²) < 4.78 is 12.6. The average molecular weight is 489 g/mol. The van der Waals surface area contributed by atoms with E-state index in [4.69, 9.17) is 20.8 Å². The molecule has 4 rings (SSSR count). The highest BCUT2D eigenvalue weighted by atomic mass is 35.5. The van der Waals surface area contributed by atoms with E-state index >= 15 is 0 Å². The van der Waals surface area contributed by atoms with Crippen molar-refractivity contribution in [3.63, 3.8) is 0 Å². The van der Waals surface area contributed by atoms with Crippen molar-refractivity contribution in [3.8, 4) is 11.4 Å². The average Bonchev–Trinajstić information content (AvgIpc) is 3.49. The first kappa shape index (κ1) is 23.4. The van der Waals surface area contributed by atoms with Gasteiger partial charge in [-0.05, 0) is 62.6 Å². The summed E-state index contributed by atoms with van der Waals surface area (Å²) in [5, 5.41) is 9.92. The van der Waals surface area contributed by atoms with E-state index in [2.05, 4.69) is 10.2 Å². The van der Waals surface area contributed by atoms with Gasteiger partial charge in [-0.3, -0.25) is 9.36 Å². The minimum Gasteiger partial charge on any atom is -0.467 e. The third-order valence-electron chi connectivity index (χ3n) is 5.42. The van der Waals surface area contributed by atoms with Crippen molar-refractivity contribution in [1.29, 1.82) is 0 Å². The SMILES string of the molecule is CCOC(=O)C1CCCCN1C(=O)CSc1nnc(-c2ccc(Cl)cc2)n1Cc1ccco1. The van der Waals surface area contributed by atoms with Crippen molar-refractivity contribution in [2.75, 3.05) is 18.9 Å². The van der Waals surface area contributed by atoms with Crippen LogP contribution < -0.4 is 0 Å². The van der Waals surface area contributed by atoms with Crippen molar-refractivity contribution in [2.24, 2.45) is 0 Å². The molecule has 1 fully saturated rings. The number of furan rings is 1. The van der Waals surface area contributed by atoms with Gasteiger partial charge in [-0.1, -0.05) is 23.4 Å². The van der Waals surface area contributed by atoms with Crippen molar-refractivity contribution >= 4 is 35.2 Å². The van der Waals surface area contributed by atoms with Gasteiger partial charge in [0.25, 0.3) is 0 Å². The molecule has 0 aliphatic carbocycles. The fourth-order valence-corrected chi connectivity index (χ4v) is 4.78. The summed E-state index contributed by atoms with van der Waals surface area (Å²) in [4.78, 5) is 27.0. The zero-order chi connectivity index (χ0) is 23.2. The van der Waals surface area contributed by atoms with Gasteiger partial charge in [0.2, 0.25) is 5.91 Å². The second kappa shape index (κ2) is 10.9. The molecular formula is C23H25ClN4O4S. The monoisotopic (exact) mass is 488 g/mol. The second-order valence-electron chi connectivity index (χ2n) is 7.62. The minimum absolute atomic E-state index is 0.113. The van der Waals surface area contributed by atoms with E-state index in [-0.39, 0.29) is 17.6 Å². The van der Waals surface area contributed by atoms with Crippen molar-refractivity contribution in [2.45, 2.75) is 43.9 Å². The molecule has 0 bridgehead atoms. The topological polar surface area (TPSA) is 90.5 Å². The Hall–Kier alpha value is -2.78. The maximum absolute atomic E-state index is 13.0. The lowest BCUT2D eigenvalue weighted by molar-refractivity contribution is -0.155. The van der Waals surface area contributed by atoms with E-state index in [1.54, 1.807) is 30.2 Å². The predicted molar refractivity (Wildman–Crippen MR) is 125 cm³/mol. The molecule has 1 saturated heterocycles. The van der Waals surface area contributed by atoms with E-state index in [1.807, 2.05) is 28.8 Å². The number of hydrogen-bond donors (Lipinski definition) is 0. The van der Waals surface area contributed by atoms with Crippen LogP contribution in [-0.2, 0) is 20.9 Å². The summed E-state index contributed by atoms with van der Waals surface area (Å²) in [7, 11) is 0. The number of hydrogen-bond acceptors (Lipinski definition) is 7. The maximum atomic E-state index is 13.0. The highest BCUT2D eigenvalue weighted by molar-refractivity contribution is 7.99. The fourth-order valence-electron chi connectivity index (χ4n) is 3.83. The third-order valence-corrected chi connectivity index (χ3v) is 6.62. The molecule has 1 aliphatic rings. The van der Waals surface area contributed by atoms with E-state index in [9.17, 15) is 9.59 Å². The van der Waals surface area contributed by atoms with Crippen LogP contribution in [0.25, 0.3) is 11.4 Å². The number of likely N-dealkylation sites (tertiary alicyclic amines) is 1. The van der Waals surface area contributed by atoms with Crippen molar-refractivity contribution in [1.82, 2.24) is 19.7 Å². The molecular weight excluding hydrogens is 464 g/mol. The van der Waals surface area contributed by atoms with Crippen molar-refractivity contribution < 1.29 is 18.7 Å². The van der Waals surface area contributed by atoms with E-state index < -0.39 is 6.04 Å². The highest BCUT2D eigenvalue weighted by Gasteiger charge is 2.33. The van der Waals surface area contributed by atoms with Crippen LogP contribution in [0, 0.1) is 0 Å². The van der Waals surface area contributed by atoms with Crippen molar-refractivity contribution in [3.05, 3.63) is 53.4 Å². The molecule has 1 aliphatic heterocycles. The van der Waals surface area contributed by atoms with Gasteiger partial charge >= 0.3 is 5.97 Å². The Balaban J connectivity index is 1.53. The molecule has 1 unspecified atom stereocenters. The number of thioether (sulfide) groups is 1. The summed E-state index contributed by atoms with van der Waals surface area (Å²) in [5.74, 6) is 1.10. The molecule has 0 saturated carbocycles. The minimum atomic E-state index is -0.516. The van der Waals surface area contributed by atoms with Crippen LogP contribution >= 0.6 is 23.4 Å². The van der Waals surface area contributed by atoms with Gasteiger partial charge in [-0.25, -0.2) is 4.79 Å². The van der Waals surface area contributed by atoms with E-state index in [0.29, 0.717) is 42.1 Å². The Kier molecular flexibility index (Phi) is 7.72.